The van der Waals surface area contributed by atoms with Gasteiger partial charge in [0.05, 0.1) is 12.2 Å². The molecule has 5 heteroatoms. The first-order valence-electron chi connectivity index (χ1n) is 11.3. The molecule has 0 aliphatic heterocycles. The summed E-state index contributed by atoms with van der Waals surface area (Å²) in [6.45, 7) is 9.14. The van der Waals surface area contributed by atoms with Crippen molar-refractivity contribution in [1.29, 1.82) is 0 Å². The first-order valence-corrected chi connectivity index (χ1v) is 11.3. The summed E-state index contributed by atoms with van der Waals surface area (Å²) < 4.78 is 17.7. The van der Waals surface area contributed by atoms with Gasteiger partial charge in [-0.25, -0.2) is 0 Å². The van der Waals surface area contributed by atoms with Gasteiger partial charge in [-0.2, -0.15) is 0 Å². The Morgan fingerprint density at radius 3 is 2.45 bits per heavy atom. The van der Waals surface area contributed by atoms with Gasteiger partial charge in [0, 0.05) is 37.4 Å². The predicted octanol–water partition coefficient (Wildman–Crippen LogP) is 4.42. The van der Waals surface area contributed by atoms with Gasteiger partial charge in [-0.3, -0.25) is 4.79 Å². The van der Waals surface area contributed by atoms with E-state index in [-0.39, 0.29) is 35.7 Å². The third-order valence-corrected chi connectivity index (χ3v) is 9.34. The van der Waals surface area contributed by atoms with Gasteiger partial charge >= 0.3 is 0 Å². The maximum absolute atomic E-state index is 13.9. The van der Waals surface area contributed by atoms with Crippen molar-refractivity contribution in [3.63, 3.8) is 0 Å². The Balaban J connectivity index is 2.16. The summed E-state index contributed by atoms with van der Waals surface area (Å²) in [5, 5.41) is 0. The Hall–Kier alpha value is -0.780. The van der Waals surface area contributed by atoms with E-state index < -0.39 is 5.41 Å². The molecule has 0 radical (unpaired) electrons. The van der Waals surface area contributed by atoms with Crippen LogP contribution in [0.2, 0.25) is 0 Å². The van der Waals surface area contributed by atoms with Crippen molar-refractivity contribution in [2.45, 2.75) is 84.8 Å². The van der Waals surface area contributed by atoms with Crippen LogP contribution in [0, 0.1) is 34.0 Å². The topological polar surface area (TPSA) is 61.8 Å². The molecule has 0 amide bonds. The molecule has 166 valence electrons. The van der Waals surface area contributed by atoms with Crippen LogP contribution in [0.15, 0.2) is 0 Å². The molecular formula is C24H40O5. The quantitative estimate of drug-likeness (QED) is 0.461. The second-order valence-corrected chi connectivity index (χ2v) is 10.4. The first-order chi connectivity index (χ1) is 13.7. The third-order valence-electron chi connectivity index (χ3n) is 9.34. The van der Waals surface area contributed by atoms with Gasteiger partial charge in [0.1, 0.15) is 18.9 Å². The van der Waals surface area contributed by atoms with Crippen molar-refractivity contribution in [3.05, 3.63) is 0 Å². The molecule has 3 rings (SSSR count). The number of hydrogen-bond acceptors (Lipinski definition) is 5. The van der Waals surface area contributed by atoms with Crippen molar-refractivity contribution in [2.24, 2.45) is 34.0 Å². The lowest BCUT2D eigenvalue weighted by Crippen LogP contribution is -2.63. The lowest BCUT2D eigenvalue weighted by molar-refractivity contribution is -0.220. The summed E-state index contributed by atoms with van der Waals surface area (Å²) in [5.74, 6) is 1.04. The van der Waals surface area contributed by atoms with Crippen LogP contribution in [0.3, 0.4) is 0 Å². The van der Waals surface area contributed by atoms with Gasteiger partial charge in [0.2, 0.25) is 0 Å². The third kappa shape index (κ3) is 3.41. The van der Waals surface area contributed by atoms with E-state index >= 15 is 0 Å². The lowest BCUT2D eigenvalue weighted by Gasteiger charge is -2.62. The van der Waals surface area contributed by atoms with Crippen molar-refractivity contribution in [3.8, 4) is 0 Å². The summed E-state index contributed by atoms with van der Waals surface area (Å²) in [7, 11) is 3.46. The maximum Gasteiger partial charge on any atom is 0.146 e. The molecule has 3 aliphatic rings. The van der Waals surface area contributed by atoms with Gasteiger partial charge in [-0.1, -0.05) is 27.7 Å². The lowest BCUT2D eigenvalue weighted by atomic mass is 9.43. The zero-order valence-electron chi connectivity index (χ0n) is 19.2. The standard InChI is InChI=1S/C24H40O5/c1-16-8-11-24-12-9-18(28-6)20(24)23(16,4)19(29-15-27-5)14-22(3,10-7-13-25)21(26)17(24)2/h13,16-20H,7-12,14-15H2,1-6H3/t16-,17+,18?,19?,20?,22-,23+,24?/m1/s1. The van der Waals surface area contributed by atoms with Crippen LogP contribution >= 0.6 is 0 Å². The summed E-state index contributed by atoms with van der Waals surface area (Å²) in [6.07, 6.45) is 6.85. The van der Waals surface area contributed by atoms with Crippen LogP contribution in [0.25, 0.3) is 0 Å². The van der Waals surface area contributed by atoms with Crippen LogP contribution in [-0.2, 0) is 23.8 Å². The zero-order valence-corrected chi connectivity index (χ0v) is 19.2. The van der Waals surface area contributed by atoms with E-state index in [0.717, 1.165) is 32.0 Å². The molecule has 0 aromatic carbocycles. The largest absolute Gasteiger partial charge is 0.381 e. The molecule has 0 heterocycles. The summed E-state index contributed by atoms with van der Waals surface area (Å²) in [4.78, 5) is 25.1. The molecule has 3 fully saturated rings. The average molecular weight is 409 g/mol. The number of ketones is 1. The normalized spacial score (nSPS) is 47.4. The molecule has 2 bridgehead atoms. The molecule has 3 aliphatic carbocycles. The Kier molecular flexibility index (Phi) is 6.63. The molecule has 0 saturated heterocycles. The number of methoxy groups -OCH3 is 2. The fourth-order valence-corrected chi connectivity index (χ4v) is 7.49. The summed E-state index contributed by atoms with van der Waals surface area (Å²) >= 11 is 0. The van der Waals surface area contributed by atoms with Crippen molar-refractivity contribution in [2.75, 3.05) is 21.0 Å². The molecular weight excluding hydrogens is 368 g/mol. The Morgan fingerprint density at radius 2 is 1.83 bits per heavy atom. The zero-order chi connectivity index (χ0) is 21.4. The molecule has 5 nitrogen and oxygen atoms in total. The van der Waals surface area contributed by atoms with E-state index in [0.29, 0.717) is 36.9 Å². The van der Waals surface area contributed by atoms with Crippen LogP contribution in [0.4, 0.5) is 0 Å². The van der Waals surface area contributed by atoms with Crippen LogP contribution in [0.1, 0.15) is 72.6 Å². The van der Waals surface area contributed by atoms with Crippen LogP contribution in [-0.4, -0.2) is 45.3 Å². The van der Waals surface area contributed by atoms with Crippen LogP contribution < -0.4 is 0 Å². The molecule has 0 N–H and O–H groups in total. The number of carbonyl (C=O) groups excluding carboxylic acids is 2. The fraction of sp³-hybridized carbons (Fsp3) is 0.917. The highest BCUT2D eigenvalue weighted by Gasteiger charge is 2.68. The number of carbonyl (C=O) groups is 2. The average Bonchev–Trinajstić information content (AvgIpc) is 3.11. The number of aldehydes is 1. The highest BCUT2D eigenvalue weighted by atomic mass is 16.7. The number of ether oxygens (including phenoxy) is 3. The van der Waals surface area contributed by atoms with Crippen molar-refractivity contribution in [1.82, 2.24) is 0 Å². The Morgan fingerprint density at radius 1 is 1.14 bits per heavy atom. The van der Waals surface area contributed by atoms with E-state index in [9.17, 15) is 9.59 Å². The molecule has 0 aromatic rings. The summed E-state index contributed by atoms with van der Waals surface area (Å²) in [5.41, 5.74) is -0.706. The Bertz CT molecular complexity index is 620. The van der Waals surface area contributed by atoms with Gasteiger partial charge < -0.3 is 19.0 Å². The SMILES string of the molecule is COCOC1C[C@@](C)(CCC=O)C(=O)[C@H](C)C23CCC(OC)C2[C@@]1(C)[C@H](C)CC3. The maximum atomic E-state index is 13.9. The minimum atomic E-state index is -0.555. The van der Waals surface area contributed by atoms with Gasteiger partial charge in [-0.05, 0) is 55.8 Å². The Labute approximate surface area is 176 Å². The first kappa shape index (κ1) is 22.9. The van der Waals surface area contributed by atoms with Gasteiger partial charge in [-0.15, -0.1) is 0 Å². The number of rotatable bonds is 7. The molecule has 0 spiro atoms. The van der Waals surface area contributed by atoms with Gasteiger partial charge in [0.25, 0.3) is 0 Å². The number of hydrogen-bond donors (Lipinski definition) is 0. The smallest absolute Gasteiger partial charge is 0.146 e. The molecule has 3 saturated carbocycles. The minimum absolute atomic E-state index is 0.0282. The molecule has 0 aromatic heterocycles. The van der Waals surface area contributed by atoms with E-state index in [4.69, 9.17) is 14.2 Å². The fourth-order valence-electron chi connectivity index (χ4n) is 7.49. The molecule has 8 atom stereocenters. The van der Waals surface area contributed by atoms with E-state index in [2.05, 4.69) is 27.7 Å². The number of Topliss-reactive ketones (excluding diaryl/α,β-unsaturated/α-hetero) is 1. The second-order valence-electron chi connectivity index (χ2n) is 10.4. The monoisotopic (exact) mass is 408 g/mol. The summed E-state index contributed by atoms with van der Waals surface area (Å²) in [6, 6.07) is 0. The van der Waals surface area contributed by atoms with Crippen molar-refractivity contribution < 1.29 is 23.8 Å². The van der Waals surface area contributed by atoms with Crippen molar-refractivity contribution >= 4 is 12.1 Å². The minimum Gasteiger partial charge on any atom is -0.381 e. The van der Waals surface area contributed by atoms with Gasteiger partial charge in [0.15, 0.2) is 0 Å². The molecule has 4 unspecified atom stereocenters. The second kappa shape index (κ2) is 8.39. The highest BCUT2D eigenvalue weighted by molar-refractivity contribution is 5.87. The highest BCUT2D eigenvalue weighted by Crippen LogP contribution is 2.68. The van der Waals surface area contributed by atoms with Crippen LogP contribution in [0.5, 0.6) is 0 Å². The molecule has 29 heavy (non-hydrogen) atoms. The van der Waals surface area contributed by atoms with E-state index in [1.165, 1.54) is 0 Å². The van der Waals surface area contributed by atoms with E-state index in [1.807, 2.05) is 7.11 Å². The van der Waals surface area contributed by atoms with E-state index in [1.54, 1.807) is 7.11 Å². The predicted molar refractivity (Wildman–Crippen MR) is 111 cm³/mol.